The first-order valence-corrected chi connectivity index (χ1v) is 13.1. The molecule has 4 heterocycles. The van der Waals surface area contributed by atoms with Crippen LogP contribution in [0.4, 0.5) is 5.13 Å². The largest absolute Gasteiger partial charge is 0.477 e. The van der Waals surface area contributed by atoms with E-state index < -0.39 is 29.2 Å². The number of fused-ring (bicyclic) bond motifs is 1. The van der Waals surface area contributed by atoms with Crippen molar-refractivity contribution in [2.75, 3.05) is 18.6 Å². The zero-order valence-electron chi connectivity index (χ0n) is 17.6. The van der Waals surface area contributed by atoms with E-state index in [2.05, 4.69) is 24.8 Å². The Bertz CT molecular complexity index is 1240. The number of allylic oxidation sites excluding steroid dienone is 1. The van der Waals surface area contributed by atoms with Crippen molar-refractivity contribution in [1.82, 2.24) is 24.6 Å². The molecule has 2 aromatic rings. The average molecular weight is 540 g/mol. The molecular formula is C18H17N7O5S4. The summed E-state index contributed by atoms with van der Waals surface area (Å²) in [4.78, 5) is 51.8. The van der Waals surface area contributed by atoms with E-state index in [4.69, 9.17) is 10.6 Å². The second-order valence-corrected chi connectivity index (χ2v) is 10.7. The maximum absolute atomic E-state index is 12.9. The number of hydrogen-bond donors (Lipinski definition) is 3. The molecule has 0 saturated carbocycles. The molecule has 4 N–H and O–H groups in total. The van der Waals surface area contributed by atoms with E-state index in [-0.39, 0.29) is 22.2 Å². The topological polar surface area (TPSA) is 173 Å². The minimum Gasteiger partial charge on any atom is -0.477 e. The van der Waals surface area contributed by atoms with Crippen LogP contribution in [0.2, 0.25) is 0 Å². The lowest BCUT2D eigenvalue weighted by molar-refractivity contribution is -0.150. The molecule has 1 saturated heterocycles. The van der Waals surface area contributed by atoms with Gasteiger partial charge in [-0.3, -0.25) is 14.5 Å². The highest BCUT2D eigenvalue weighted by Crippen LogP contribution is 2.41. The van der Waals surface area contributed by atoms with Crippen LogP contribution in [0.15, 0.2) is 37.6 Å². The highest BCUT2D eigenvalue weighted by atomic mass is 32.2. The van der Waals surface area contributed by atoms with Crippen LogP contribution in [0, 0.1) is 6.92 Å². The van der Waals surface area contributed by atoms with E-state index in [1.807, 2.05) is 0 Å². The number of anilines is 1. The molecule has 12 nitrogen and oxygen atoms in total. The van der Waals surface area contributed by atoms with Gasteiger partial charge in [-0.2, -0.15) is 4.37 Å². The van der Waals surface area contributed by atoms with Crippen molar-refractivity contribution in [3.05, 3.63) is 39.7 Å². The molecule has 0 aromatic carbocycles. The first kappa shape index (κ1) is 24.2. The number of rotatable bonds is 8. The second kappa shape index (κ2) is 10.1. The van der Waals surface area contributed by atoms with Crippen LogP contribution in [0.1, 0.15) is 11.5 Å². The molecule has 16 heteroatoms. The summed E-state index contributed by atoms with van der Waals surface area (Å²) in [6, 6.07) is -0.922. The Morgan fingerprint density at radius 3 is 2.85 bits per heavy atom. The Kier molecular flexibility index (Phi) is 7.20. The van der Waals surface area contributed by atoms with Crippen LogP contribution in [-0.2, 0) is 19.2 Å². The maximum atomic E-state index is 12.9. The number of nitrogens with two attached hydrogens (primary N) is 1. The van der Waals surface area contributed by atoms with E-state index in [0.29, 0.717) is 17.2 Å². The van der Waals surface area contributed by atoms with Crippen molar-refractivity contribution >= 4 is 75.0 Å². The molecule has 34 heavy (non-hydrogen) atoms. The SMILES string of the molecule is CO/N=C(\C(=O)NC1C(=O)N2C(C(=O)O)=C(/C=C/Sc3nc(C)ns3)CSC12)c1csc(N)n1. The minimum atomic E-state index is -1.22. The van der Waals surface area contributed by atoms with Crippen molar-refractivity contribution in [3.63, 3.8) is 0 Å². The second-order valence-electron chi connectivity index (χ2n) is 6.76. The molecule has 0 bridgehead atoms. The quantitative estimate of drug-likeness (QED) is 0.191. The number of aryl methyl sites for hydroxylation is 1. The van der Waals surface area contributed by atoms with Crippen LogP contribution in [0.3, 0.4) is 0 Å². The number of carboxylic acid groups (broad SMARTS) is 1. The molecule has 2 amide bonds. The Labute approximate surface area is 209 Å². The number of thioether (sulfide) groups is 2. The van der Waals surface area contributed by atoms with E-state index >= 15 is 0 Å². The summed E-state index contributed by atoms with van der Waals surface area (Å²) in [6.07, 6.45) is 1.66. The summed E-state index contributed by atoms with van der Waals surface area (Å²) in [6.45, 7) is 1.79. The zero-order valence-corrected chi connectivity index (χ0v) is 20.9. The lowest BCUT2D eigenvalue weighted by atomic mass is 10.0. The van der Waals surface area contributed by atoms with Gasteiger partial charge in [-0.05, 0) is 35.5 Å². The summed E-state index contributed by atoms with van der Waals surface area (Å²) in [5.41, 5.74) is 6.08. The van der Waals surface area contributed by atoms with Crippen molar-refractivity contribution in [2.45, 2.75) is 22.7 Å². The number of carbonyl (C=O) groups excluding carboxylic acids is 2. The molecule has 1 fully saturated rings. The van der Waals surface area contributed by atoms with Crippen molar-refractivity contribution in [3.8, 4) is 0 Å². The lowest BCUT2D eigenvalue weighted by Gasteiger charge is -2.49. The van der Waals surface area contributed by atoms with Gasteiger partial charge in [0.05, 0.1) is 0 Å². The summed E-state index contributed by atoms with van der Waals surface area (Å²) in [5.74, 6) is -1.43. The molecule has 2 aliphatic rings. The molecule has 4 rings (SSSR count). The van der Waals surface area contributed by atoms with Crippen molar-refractivity contribution in [2.24, 2.45) is 5.16 Å². The lowest BCUT2D eigenvalue weighted by Crippen LogP contribution is -2.71. The van der Waals surface area contributed by atoms with Gasteiger partial charge in [-0.25, -0.2) is 14.8 Å². The van der Waals surface area contributed by atoms with Gasteiger partial charge < -0.3 is 21.0 Å². The summed E-state index contributed by atoms with van der Waals surface area (Å²) in [5, 5.41) is 19.0. The molecule has 2 unspecified atom stereocenters. The molecule has 178 valence electrons. The third-order valence-electron chi connectivity index (χ3n) is 4.60. The minimum absolute atomic E-state index is 0.109. The number of nitrogens with one attached hydrogen (secondary N) is 1. The molecule has 2 aromatic heterocycles. The van der Waals surface area contributed by atoms with Gasteiger partial charge in [0.25, 0.3) is 11.8 Å². The first-order chi connectivity index (χ1) is 16.3. The van der Waals surface area contributed by atoms with E-state index in [1.165, 1.54) is 47.1 Å². The smallest absolute Gasteiger partial charge is 0.352 e. The van der Waals surface area contributed by atoms with Crippen LogP contribution >= 0.6 is 46.4 Å². The number of oxime groups is 1. The highest BCUT2D eigenvalue weighted by molar-refractivity contribution is 8.03. The monoisotopic (exact) mass is 539 g/mol. The summed E-state index contributed by atoms with van der Waals surface area (Å²) >= 11 is 5.04. The predicted octanol–water partition coefficient (Wildman–Crippen LogP) is 1.28. The van der Waals surface area contributed by atoms with Gasteiger partial charge in [0.1, 0.15) is 35.7 Å². The van der Waals surface area contributed by atoms with Crippen molar-refractivity contribution in [1.29, 1.82) is 0 Å². The van der Waals surface area contributed by atoms with E-state index in [9.17, 15) is 19.5 Å². The molecule has 0 aliphatic carbocycles. The molecule has 2 atom stereocenters. The Balaban J connectivity index is 1.49. The van der Waals surface area contributed by atoms with Crippen LogP contribution in [0.25, 0.3) is 0 Å². The number of carbonyl (C=O) groups is 3. The first-order valence-electron chi connectivity index (χ1n) is 9.48. The van der Waals surface area contributed by atoms with Gasteiger partial charge in [-0.15, -0.1) is 23.1 Å². The van der Waals surface area contributed by atoms with Crippen LogP contribution in [-0.4, -0.2) is 72.1 Å². The van der Waals surface area contributed by atoms with Gasteiger partial charge in [-0.1, -0.05) is 16.9 Å². The summed E-state index contributed by atoms with van der Waals surface area (Å²) in [7, 11) is 1.28. The van der Waals surface area contributed by atoms with Gasteiger partial charge >= 0.3 is 5.97 Å². The molecule has 2 aliphatic heterocycles. The number of hydrogen-bond acceptors (Lipinski definition) is 13. The number of amides is 2. The number of thiazole rings is 1. The zero-order chi connectivity index (χ0) is 24.4. The Hall–Kier alpha value is -2.95. The van der Waals surface area contributed by atoms with Crippen LogP contribution < -0.4 is 11.1 Å². The third-order valence-corrected chi connectivity index (χ3v) is 8.25. The fraction of sp³-hybridized carbons (Fsp3) is 0.278. The highest BCUT2D eigenvalue weighted by Gasteiger charge is 2.54. The summed E-state index contributed by atoms with van der Waals surface area (Å²) < 4.78 is 4.82. The average Bonchev–Trinajstić information content (AvgIpc) is 3.42. The normalized spacial score (nSPS) is 20.4. The van der Waals surface area contributed by atoms with E-state index in [0.717, 1.165) is 15.7 Å². The fourth-order valence-corrected chi connectivity index (χ4v) is 6.45. The van der Waals surface area contributed by atoms with Gasteiger partial charge in [0.2, 0.25) is 0 Å². The third kappa shape index (κ3) is 4.79. The Morgan fingerprint density at radius 2 is 2.24 bits per heavy atom. The maximum Gasteiger partial charge on any atom is 0.352 e. The number of aliphatic carboxylic acids is 1. The number of carboxylic acids is 1. The number of nitrogens with zero attached hydrogens (tertiary/aromatic N) is 5. The Morgan fingerprint density at radius 1 is 1.44 bits per heavy atom. The van der Waals surface area contributed by atoms with Crippen molar-refractivity contribution < 1.29 is 24.3 Å². The van der Waals surface area contributed by atoms with Gasteiger partial charge in [0, 0.05) is 11.1 Å². The fourth-order valence-electron chi connectivity index (χ4n) is 3.17. The number of aromatic nitrogens is 3. The molecule has 0 radical (unpaired) electrons. The van der Waals surface area contributed by atoms with Crippen LogP contribution in [0.5, 0.6) is 0 Å². The standard InChI is InChI=1S/C18H17N7O5S4/c1-7-20-18(34-24-7)31-4-3-8-5-32-15-11(14(27)25(15)12(8)16(28)29)22-13(26)10(23-30-2)9-6-33-17(19)21-9/h3-4,6,11,15H,5H2,1-2H3,(H2,19,21)(H,22,26)(H,28,29)/b4-3+,23-10-. The van der Waals surface area contributed by atoms with Gasteiger partial charge in [0.15, 0.2) is 15.2 Å². The number of nitrogen functional groups attached to an aromatic ring is 1. The number of β-lactam (4-membered cyclic amide) rings is 1. The predicted molar refractivity (Wildman–Crippen MR) is 129 cm³/mol. The molecular weight excluding hydrogens is 523 g/mol. The van der Waals surface area contributed by atoms with E-state index in [1.54, 1.807) is 23.8 Å². The molecule has 0 spiro atoms.